The van der Waals surface area contributed by atoms with Crippen molar-refractivity contribution in [1.29, 1.82) is 0 Å². The first-order valence-electron chi connectivity index (χ1n) is 5.93. The molecule has 1 aromatic carbocycles. The van der Waals surface area contributed by atoms with Gasteiger partial charge in [-0.15, -0.1) is 0 Å². The van der Waals surface area contributed by atoms with E-state index in [1.54, 1.807) is 7.11 Å². The molecule has 1 saturated heterocycles. The Bertz CT molecular complexity index is 378. The van der Waals surface area contributed by atoms with Crippen molar-refractivity contribution in [3.8, 4) is 5.75 Å². The van der Waals surface area contributed by atoms with Crippen LogP contribution in [0.25, 0.3) is 0 Å². The summed E-state index contributed by atoms with van der Waals surface area (Å²) in [4.78, 5) is 2.14. The second-order valence-electron chi connectivity index (χ2n) is 4.60. The summed E-state index contributed by atoms with van der Waals surface area (Å²) in [5, 5.41) is 0. The normalized spacial score (nSPS) is 16.8. The highest BCUT2D eigenvalue weighted by Gasteiger charge is 2.26. The van der Waals surface area contributed by atoms with Crippen LogP contribution >= 0.6 is 0 Å². The third-order valence-corrected chi connectivity index (χ3v) is 3.26. The summed E-state index contributed by atoms with van der Waals surface area (Å²) in [6.07, 6.45) is 1.01. The van der Waals surface area contributed by atoms with Crippen LogP contribution in [-0.4, -0.2) is 38.3 Å². The number of hydrogen-bond acceptors (Lipinski definition) is 3. The maximum Gasteiger partial charge on any atom is 0.142 e. The molecule has 0 spiro atoms. The first kappa shape index (κ1) is 12.2. The lowest BCUT2D eigenvalue weighted by molar-refractivity contribution is 0.0930. The summed E-state index contributed by atoms with van der Waals surface area (Å²) in [5.74, 6) is 1.37. The van der Waals surface area contributed by atoms with Crippen molar-refractivity contribution in [2.45, 2.75) is 6.42 Å². The van der Waals surface area contributed by atoms with Gasteiger partial charge in [-0.3, -0.25) is 0 Å². The van der Waals surface area contributed by atoms with Gasteiger partial charge in [-0.05, 0) is 30.0 Å². The number of likely N-dealkylation sites (tertiary alicyclic amines) is 1. The SMILES string of the molecule is COc1cc(CC2CN(CCF)C2)ccc1N. The van der Waals surface area contributed by atoms with Gasteiger partial charge in [0.15, 0.2) is 0 Å². The monoisotopic (exact) mass is 238 g/mol. The molecule has 2 rings (SSSR count). The third-order valence-electron chi connectivity index (χ3n) is 3.26. The van der Waals surface area contributed by atoms with Gasteiger partial charge >= 0.3 is 0 Å². The zero-order valence-corrected chi connectivity index (χ0v) is 10.2. The Hall–Kier alpha value is -1.29. The molecule has 0 bridgehead atoms. The van der Waals surface area contributed by atoms with Crippen LogP contribution in [0.4, 0.5) is 10.1 Å². The quantitative estimate of drug-likeness (QED) is 0.794. The van der Waals surface area contributed by atoms with Gasteiger partial charge < -0.3 is 15.4 Å². The molecule has 17 heavy (non-hydrogen) atoms. The Kier molecular flexibility index (Phi) is 3.84. The Morgan fingerprint density at radius 1 is 1.47 bits per heavy atom. The van der Waals surface area contributed by atoms with Crippen molar-refractivity contribution in [2.24, 2.45) is 5.92 Å². The lowest BCUT2D eigenvalue weighted by Crippen LogP contribution is -2.48. The predicted molar refractivity (Wildman–Crippen MR) is 67.0 cm³/mol. The second-order valence-corrected chi connectivity index (χ2v) is 4.60. The Morgan fingerprint density at radius 3 is 2.88 bits per heavy atom. The van der Waals surface area contributed by atoms with Crippen LogP contribution in [0.2, 0.25) is 0 Å². The molecule has 1 fully saturated rings. The molecule has 4 heteroatoms. The Balaban J connectivity index is 1.88. The fraction of sp³-hybridized carbons (Fsp3) is 0.538. The summed E-state index contributed by atoms with van der Waals surface area (Å²) in [6, 6.07) is 5.91. The van der Waals surface area contributed by atoms with Crippen LogP contribution in [0.15, 0.2) is 18.2 Å². The van der Waals surface area contributed by atoms with Gasteiger partial charge in [-0.2, -0.15) is 0 Å². The van der Waals surface area contributed by atoms with E-state index in [1.807, 2.05) is 18.2 Å². The molecule has 0 aromatic heterocycles. The minimum atomic E-state index is -0.248. The van der Waals surface area contributed by atoms with Gasteiger partial charge in [0.05, 0.1) is 12.8 Å². The minimum Gasteiger partial charge on any atom is -0.495 e. The summed E-state index contributed by atoms with van der Waals surface area (Å²) < 4.78 is 17.3. The fourth-order valence-electron chi connectivity index (χ4n) is 2.32. The number of benzene rings is 1. The van der Waals surface area contributed by atoms with Gasteiger partial charge in [0.2, 0.25) is 0 Å². The van der Waals surface area contributed by atoms with Crippen LogP contribution in [-0.2, 0) is 6.42 Å². The first-order chi connectivity index (χ1) is 8.22. The van der Waals surface area contributed by atoms with Crippen LogP contribution in [0.5, 0.6) is 5.75 Å². The van der Waals surface area contributed by atoms with Crippen LogP contribution in [0.1, 0.15) is 5.56 Å². The van der Waals surface area contributed by atoms with Crippen molar-refractivity contribution in [3.63, 3.8) is 0 Å². The molecule has 1 aliphatic rings. The van der Waals surface area contributed by atoms with E-state index in [4.69, 9.17) is 10.5 Å². The molecule has 3 nitrogen and oxygen atoms in total. The summed E-state index contributed by atoms with van der Waals surface area (Å²) in [7, 11) is 1.63. The molecule has 1 heterocycles. The highest BCUT2D eigenvalue weighted by Crippen LogP contribution is 2.26. The zero-order valence-electron chi connectivity index (χ0n) is 10.2. The van der Waals surface area contributed by atoms with Crippen molar-refractivity contribution in [3.05, 3.63) is 23.8 Å². The summed E-state index contributed by atoms with van der Waals surface area (Å²) in [5.41, 5.74) is 7.67. The number of halogens is 1. The van der Waals surface area contributed by atoms with E-state index in [1.165, 1.54) is 5.56 Å². The number of nitrogens with zero attached hydrogens (tertiary/aromatic N) is 1. The molecule has 1 aromatic rings. The molecule has 0 radical (unpaired) electrons. The largest absolute Gasteiger partial charge is 0.495 e. The topological polar surface area (TPSA) is 38.5 Å². The van der Waals surface area contributed by atoms with E-state index in [9.17, 15) is 4.39 Å². The maximum absolute atomic E-state index is 12.1. The van der Waals surface area contributed by atoms with Gasteiger partial charge in [0, 0.05) is 19.6 Å². The van der Waals surface area contributed by atoms with E-state index in [2.05, 4.69) is 4.90 Å². The van der Waals surface area contributed by atoms with Gasteiger partial charge in [0.25, 0.3) is 0 Å². The molecular weight excluding hydrogens is 219 g/mol. The minimum absolute atomic E-state index is 0.248. The van der Waals surface area contributed by atoms with E-state index >= 15 is 0 Å². The average molecular weight is 238 g/mol. The van der Waals surface area contributed by atoms with Gasteiger partial charge in [-0.25, -0.2) is 4.39 Å². The van der Waals surface area contributed by atoms with Crippen molar-refractivity contribution in [2.75, 3.05) is 39.2 Å². The molecule has 0 saturated carbocycles. The number of alkyl halides is 1. The molecule has 0 atom stereocenters. The summed E-state index contributed by atoms with van der Waals surface area (Å²) in [6.45, 7) is 2.32. The van der Waals surface area contributed by atoms with E-state index in [-0.39, 0.29) is 6.67 Å². The second kappa shape index (κ2) is 5.36. The average Bonchev–Trinajstić information content (AvgIpc) is 2.28. The number of nitrogen functional groups attached to an aromatic ring is 1. The van der Waals surface area contributed by atoms with Gasteiger partial charge in [0.1, 0.15) is 12.4 Å². The number of hydrogen-bond donors (Lipinski definition) is 1. The van der Waals surface area contributed by atoms with Crippen molar-refractivity contribution >= 4 is 5.69 Å². The third kappa shape index (κ3) is 2.88. The van der Waals surface area contributed by atoms with E-state index in [0.717, 1.165) is 25.3 Å². The van der Waals surface area contributed by atoms with Crippen molar-refractivity contribution in [1.82, 2.24) is 4.90 Å². The first-order valence-corrected chi connectivity index (χ1v) is 5.93. The number of methoxy groups -OCH3 is 1. The number of nitrogens with two attached hydrogens (primary N) is 1. The van der Waals surface area contributed by atoms with Crippen molar-refractivity contribution < 1.29 is 9.13 Å². The molecule has 1 aliphatic heterocycles. The Morgan fingerprint density at radius 2 is 2.24 bits per heavy atom. The lowest BCUT2D eigenvalue weighted by Gasteiger charge is -2.38. The number of rotatable bonds is 5. The number of anilines is 1. The van der Waals surface area contributed by atoms with E-state index < -0.39 is 0 Å². The Labute approximate surface area is 101 Å². The smallest absolute Gasteiger partial charge is 0.142 e. The molecule has 0 aliphatic carbocycles. The summed E-state index contributed by atoms with van der Waals surface area (Å²) >= 11 is 0. The van der Waals surface area contributed by atoms with Crippen LogP contribution < -0.4 is 10.5 Å². The number of ether oxygens (including phenoxy) is 1. The molecule has 0 unspecified atom stereocenters. The molecule has 0 amide bonds. The maximum atomic E-state index is 12.1. The zero-order chi connectivity index (χ0) is 12.3. The molecule has 2 N–H and O–H groups in total. The molecular formula is C13H19FN2O. The van der Waals surface area contributed by atoms with E-state index in [0.29, 0.717) is 18.2 Å². The lowest BCUT2D eigenvalue weighted by atomic mass is 9.92. The highest BCUT2D eigenvalue weighted by molar-refractivity contribution is 5.53. The van der Waals surface area contributed by atoms with Gasteiger partial charge in [-0.1, -0.05) is 6.07 Å². The van der Waals surface area contributed by atoms with Crippen LogP contribution in [0.3, 0.4) is 0 Å². The van der Waals surface area contributed by atoms with Crippen LogP contribution in [0, 0.1) is 5.92 Å². The molecule has 94 valence electrons. The highest BCUT2D eigenvalue weighted by atomic mass is 19.1. The fourth-order valence-corrected chi connectivity index (χ4v) is 2.32. The standard InChI is InChI=1S/C13H19FN2O/c1-17-13-7-10(2-3-12(13)15)6-11-8-16(9-11)5-4-14/h2-3,7,11H,4-6,8-9,15H2,1H3. The predicted octanol–water partition coefficient (Wildman–Crippen LogP) is 1.72.